The van der Waals surface area contributed by atoms with Gasteiger partial charge in [-0.3, -0.25) is 10.1 Å². The summed E-state index contributed by atoms with van der Waals surface area (Å²) < 4.78 is 15.0. The molecule has 0 aromatic rings. The lowest BCUT2D eigenvalue weighted by atomic mass is 11.2. The highest BCUT2D eigenvalue weighted by atomic mass is 31.2. The second-order valence-corrected chi connectivity index (χ2v) is 3.36. The molecule has 0 aromatic carbocycles. The Morgan fingerprint density at radius 1 is 1.78 bits per heavy atom. The standard InChI is InChI=1S/C2H6N3O3P/c3-9(7)4-1-8-2(6)5-9/h1H2,(H4,3,4,5,6,7). The highest BCUT2D eigenvalue weighted by molar-refractivity contribution is 7.58. The van der Waals surface area contributed by atoms with Crippen LogP contribution in [0.5, 0.6) is 0 Å². The number of nitrogens with two attached hydrogens (primary N) is 1. The largest absolute Gasteiger partial charge is 0.433 e. The van der Waals surface area contributed by atoms with Gasteiger partial charge in [-0.1, -0.05) is 0 Å². The summed E-state index contributed by atoms with van der Waals surface area (Å²) in [6.45, 7) is -0.0976. The SMILES string of the molecule is NP1(=O)NCOC(=O)N1. The van der Waals surface area contributed by atoms with Gasteiger partial charge in [-0.05, 0) is 0 Å². The summed E-state index contributed by atoms with van der Waals surface area (Å²) in [4.78, 5) is 10.3. The first kappa shape index (κ1) is 6.54. The van der Waals surface area contributed by atoms with E-state index >= 15 is 0 Å². The summed E-state index contributed by atoms with van der Waals surface area (Å²) in [6, 6.07) is 0. The molecule has 7 heteroatoms. The number of nitrogens with one attached hydrogen (secondary N) is 2. The van der Waals surface area contributed by atoms with Crippen LogP contribution in [0.1, 0.15) is 0 Å². The number of rotatable bonds is 0. The number of amides is 1. The second kappa shape index (κ2) is 1.98. The molecule has 0 spiro atoms. The van der Waals surface area contributed by atoms with E-state index in [0.717, 1.165) is 0 Å². The summed E-state index contributed by atoms with van der Waals surface area (Å²) >= 11 is 0. The Kier molecular flexibility index (Phi) is 1.44. The molecule has 52 valence electrons. The van der Waals surface area contributed by atoms with Crippen LogP contribution in [0.25, 0.3) is 0 Å². The average Bonchev–Trinajstić information content (AvgIpc) is 1.60. The molecule has 1 unspecified atom stereocenters. The smallest absolute Gasteiger partial charge is 0.415 e. The van der Waals surface area contributed by atoms with Crippen molar-refractivity contribution in [3.8, 4) is 0 Å². The van der Waals surface area contributed by atoms with Gasteiger partial charge in [-0.15, -0.1) is 0 Å². The van der Waals surface area contributed by atoms with Crippen LogP contribution in [0.4, 0.5) is 4.79 Å². The minimum atomic E-state index is -3.12. The van der Waals surface area contributed by atoms with Crippen LogP contribution >= 0.6 is 7.59 Å². The maximum absolute atomic E-state index is 10.7. The molecule has 1 aliphatic heterocycles. The Morgan fingerprint density at radius 2 is 2.44 bits per heavy atom. The highest BCUT2D eigenvalue weighted by Crippen LogP contribution is 2.26. The summed E-state index contributed by atoms with van der Waals surface area (Å²) in [7, 11) is -3.12. The molecule has 1 amide bonds. The summed E-state index contributed by atoms with van der Waals surface area (Å²) in [5.41, 5.74) is 5.00. The Bertz CT molecular complexity index is 180. The third-order valence-electron chi connectivity index (χ3n) is 0.760. The van der Waals surface area contributed by atoms with Gasteiger partial charge < -0.3 is 4.74 Å². The average molecular weight is 151 g/mol. The second-order valence-electron chi connectivity index (χ2n) is 1.50. The molecule has 0 aliphatic carbocycles. The number of ether oxygens (including phenoxy) is 1. The van der Waals surface area contributed by atoms with Crippen molar-refractivity contribution in [3.63, 3.8) is 0 Å². The molecule has 0 saturated carbocycles. The molecule has 6 nitrogen and oxygen atoms in total. The molecular weight excluding hydrogens is 145 g/mol. The number of hydrogen-bond acceptors (Lipinski definition) is 3. The quantitative estimate of drug-likeness (QED) is 0.399. The van der Waals surface area contributed by atoms with Crippen LogP contribution in [0, 0.1) is 0 Å². The first-order valence-electron chi connectivity index (χ1n) is 2.19. The Labute approximate surface area is 51.3 Å². The van der Waals surface area contributed by atoms with Crippen molar-refractivity contribution in [2.45, 2.75) is 0 Å². The maximum Gasteiger partial charge on any atom is 0.415 e. The van der Waals surface area contributed by atoms with Crippen LogP contribution in [-0.4, -0.2) is 12.8 Å². The molecule has 1 saturated heterocycles. The molecule has 0 bridgehead atoms. The van der Waals surface area contributed by atoms with Crippen molar-refractivity contribution in [1.29, 1.82) is 0 Å². The van der Waals surface area contributed by atoms with Crippen LogP contribution in [-0.2, 0) is 9.30 Å². The van der Waals surface area contributed by atoms with Crippen molar-refractivity contribution in [2.24, 2.45) is 5.50 Å². The molecule has 1 fully saturated rings. The summed E-state index contributed by atoms with van der Waals surface area (Å²) in [6.07, 6.45) is -0.750. The predicted molar refractivity (Wildman–Crippen MR) is 29.4 cm³/mol. The molecule has 4 N–H and O–H groups in total. The molecule has 9 heavy (non-hydrogen) atoms. The first-order valence-corrected chi connectivity index (χ1v) is 3.96. The lowest BCUT2D eigenvalue weighted by Crippen LogP contribution is -2.40. The summed E-state index contributed by atoms with van der Waals surface area (Å²) in [5, 5.41) is 4.18. The lowest BCUT2D eigenvalue weighted by molar-refractivity contribution is 0.143. The minimum absolute atomic E-state index is 0.0976. The van der Waals surface area contributed by atoms with Crippen LogP contribution in [0.2, 0.25) is 0 Å². The molecular formula is C2H6N3O3P. The van der Waals surface area contributed by atoms with Crippen molar-refractivity contribution in [1.82, 2.24) is 10.2 Å². The van der Waals surface area contributed by atoms with Gasteiger partial charge in [0.15, 0.2) is 6.73 Å². The molecule has 0 radical (unpaired) electrons. The van der Waals surface area contributed by atoms with E-state index in [4.69, 9.17) is 5.50 Å². The maximum atomic E-state index is 10.7. The van der Waals surface area contributed by atoms with Gasteiger partial charge in [0, 0.05) is 0 Å². The monoisotopic (exact) mass is 151 g/mol. The zero-order valence-corrected chi connectivity index (χ0v) is 5.35. The van der Waals surface area contributed by atoms with Crippen molar-refractivity contribution in [2.75, 3.05) is 6.73 Å². The normalized spacial score (nSPS) is 35.0. The fourth-order valence-electron chi connectivity index (χ4n) is 0.401. The van der Waals surface area contributed by atoms with E-state index in [1.807, 2.05) is 5.09 Å². The van der Waals surface area contributed by atoms with Gasteiger partial charge in [0.25, 0.3) is 0 Å². The topological polar surface area (TPSA) is 93.5 Å². The fourth-order valence-corrected chi connectivity index (χ4v) is 1.07. The number of hydrogen-bond donors (Lipinski definition) is 3. The van der Waals surface area contributed by atoms with Gasteiger partial charge in [-0.2, -0.15) is 0 Å². The van der Waals surface area contributed by atoms with Crippen molar-refractivity contribution < 1.29 is 14.1 Å². The van der Waals surface area contributed by atoms with Crippen molar-refractivity contribution in [3.05, 3.63) is 0 Å². The van der Waals surface area contributed by atoms with Gasteiger partial charge in [0.1, 0.15) is 0 Å². The summed E-state index contributed by atoms with van der Waals surface area (Å²) in [5.74, 6) is 0. The van der Waals surface area contributed by atoms with Crippen molar-refractivity contribution >= 4 is 13.7 Å². The van der Waals surface area contributed by atoms with Gasteiger partial charge in [0.05, 0.1) is 0 Å². The third kappa shape index (κ3) is 1.67. The number of cyclic esters (lactones) is 1. The van der Waals surface area contributed by atoms with Gasteiger partial charge >= 0.3 is 13.7 Å². The van der Waals surface area contributed by atoms with Gasteiger partial charge in [-0.25, -0.2) is 15.0 Å². The molecule has 1 heterocycles. The number of carbonyl (C=O) groups is 1. The molecule has 1 rings (SSSR count). The van der Waals surface area contributed by atoms with Crippen LogP contribution in [0.3, 0.4) is 0 Å². The molecule has 1 aliphatic rings. The Balaban J connectivity index is 2.62. The van der Waals surface area contributed by atoms with E-state index in [-0.39, 0.29) is 6.73 Å². The molecule has 1 atom stereocenters. The third-order valence-corrected chi connectivity index (χ3v) is 1.87. The lowest BCUT2D eigenvalue weighted by Gasteiger charge is -2.20. The van der Waals surface area contributed by atoms with Crippen LogP contribution < -0.4 is 15.7 Å². The van der Waals surface area contributed by atoms with E-state index in [0.29, 0.717) is 0 Å². The highest BCUT2D eigenvalue weighted by Gasteiger charge is 2.24. The Hall–Kier alpha value is -0.580. The zero-order chi connectivity index (χ0) is 6.91. The van der Waals surface area contributed by atoms with Gasteiger partial charge in [0.2, 0.25) is 0 Å². The minimum Gasteiger partial charge on any atom is -0.433 e. The fraction of sp³-hybridized carbons (Fsp3) is 0.500. The number of carbonyl (C=O) groups excluding carboxylic acids is 1. The van der Waals surface area contributed by atoms with E-state index in [2.05, 4.69) is 9.82 Å². The zero-order valence-electron chi connectivity index (χ0n) is 4.46. The van der Waals surface area contributed by atoms with E-state index in [9.17, 15) is 9.36 Å². The van der Waals surface area contributed by atoms with E-state index in [1.165, 1.54) is 0 Å². The molecule has 0 aromatic heterocycles. The van der Waals surface area contributed by atoms with E-state index in [1.54, 1.807) is 0 Å². The first-order chi connectivity index (χ1) is 4.10. The predicted octanol–water partition coefficient (Wildman–Crippen LogP) is -0.660. The Morgan fingerprint density at radius 3 is 2.78 bits per heavy atom. The van der Waals surface area contributed by atoms with E-state index < -0.39 is 13.7 Å². The van der Waals surface area contributed by atoms with Crippen LogP contribution in [0.15, 0.2) is 0 Å².